The summed E-state index contributed by atoms with van der Waals surface area (Å²) in [6.07, 6.45) is 1.06. The lowest BCUT2D eigenvalue weighted by atomic mass is 9.79. The number of ether oxygens (including phenoxy) is 1. The summed E-state index contributed by atoms with van der Waals surface area (Å²) in [5, 5.41) is 3.78. The number of rotatable bonds is 5. The van der Waals surface area contributed by atoms with Gasteiger partial charge in [0.25, 0.3) is 5.91 Å². The molecule has 8 heteroatoms. The van der Waals surface area contributed by atoms with Gasteiger partial charge in [0.1, 0.15) is 5.01 Å². The van der Waals surface area contributed by atoms with E-state index < -0.39 is 5.41 Å². The van der Waals surface area contributed by atoms with Gasteiger partial charge in [-0.15, -0.1) is 22.7 Å². The lowest BCUT2D eigenvalue weighted by Gasteiger charge is -2.34. The summed E-state index contributed by atoms with van der Waals surface area (Å²) >= 11 is 3.01. The maximum absolute atomic E-state index is 12.6. The average molecular weight is 402 g/mol. The van der Waals surface area contributed by atoms with Crippen LogP contribution in [-0.2, 0) is 9.53 Å². The van der Waals surface area contributed by atoms with Crippen LogP contribution >= 0.6 is 22.7 Å². The van der Waals surface area contributed by atoms with Crippen molar-refractivity contribution < 1.29 is 14.3 Å². The quantitative estimate of drug-likeness (QED) is 0.687. The first kappa shape index (κ1) is 18.1. The van der Waals surface area contributed by atoms with Crippen LogP contribution in [0.15, 0.2) is 36.4 Å². The molecule has 27 heavy (non-hydrogen) atoms. The number of primary amides is 1. The number of fused-ring (bicyclic) bond motifs is 1. The van der Waals surface area contributed by atoms with Crippen molar-refractivity contribution in [2.45, 2.75) is 12.8 Å². The first-order valence-electron chi connectivity index (χ1n) is 8.69. The molecule has 0 bridgehead atoms. The van der Waals surface area contributed by atoms with E-state index in [9.17, 15) is 9.59 Å². The number of thiazole rings is 1. The number of hydrogen-bond donors (Lipinski definition) is 2. The SMILES string of the molecule is NC(=O)C1(CNC(=O)c2ccc(-c3nc4ccccc4s3)s2)CCOCC1. The number of para-hydroxylation sites is 1. The van der Waals surface area contributed by atoms with Gasteiger partial charge in [-0.2, -0.15) is 0 Å². The fraction of sp³-hybridized carbons (Fsp3) is 0.316. The zero-order chi connectivity index (χ0) is 18.9. The van der Waals surface area contributed by atoms with E-state index in [2.05, 4.69) is 10.3 Å². The highest BCUT2D eigenvalue weighted by molar-refractivity contribution is 7.26. The number of aromatic nitrogens is 1. The number of carbonyl (C=O) groups is 2. The van der Waals surface area contributed by atoms with Crippen LogP contribution in [0.25, 0.3) is 20.1 Å². The molecule has 1 saturated heterocycles. The van der Waals surface area contributed by atoms with E-state index in [1.54, 1.807) is 17.4 Å². The molecule has 0 spiro atoms. The number of carbonyl (C=O) groups excluding carboxylic acids is 2. The third-order valence-corrected chi connectivity index (χ3v) is 7.18. The Morgan fingerprint density at radius 3 is 2.67 bits per heavy atom. The second-order valence-electron chi connectivity index (χ2n) is 6.59. The molecule has 4 rings (SSSR count). The zero-order valence-corrected chi connectivity index (χ0v) is 16.2. The van der Waals surface area contributed by atoms with Gasteiger partial charge < -0.3 is 15.8 Å². The van der Waals surface area contributed by atoms with Crippen LogP contribution in [0.5, 0.6) is 0 Å². The van der Waals surface area contributed by atoms with Crippen molar-refractivity contribution in [2.24, 2.45) is 11.1 Å². The molecular formula is C19H19N3O3S2. The standard InChI is InChI=1S/C19H19N3O3S2/c20-18(24)19(7-9-25-10-8-19)11-21-16(23)14-5-6-15(26-14)17-22-12-3-1-2-4-13(12)27-17/h1-6H,7-11H2,(H2,20,24)(H,21,23). The van der Waals surface area contributed by atoms with Crippen molar-refractivity contribution in [1.82, 2.24) is 10.3 Å². The van der Waals surface area contributed by atoms with Gasteiger partial charge in [0.2, 0.25) is 5.91 Å². The topological polar surface area (TPSA) is 94.3 Å². The summed E-state index contributed by atoms with van der Waals surface area (Å²) in [7, 11) is 0. The average Bonchev–Trinajstić information content (AvgIpc) is 3.33. The van der Waals surface area contributed by atoms with E-state index in [0.717, 1.165) is 20.1 Å². The molecule has 3 aromatic rings. The second kappa shape index (κ2) is 7.38. The fourth-order valence-corrected chi connectivity index (χ4v) is 5.10. The molecule has 3 N–H and O–H groups in total. The fourth-order valence-electron chi connectivity index (χ4n) is 3.16. The van der Waals surface area contributed by atoms with Crippen LogP contribution in [-0.4, -0.2) is 36.6 Å². The third-order valence-electron chi connectivity index (χ3n) is 4.89. The summed E-state index contributed by atoms with van der Waals surface area (Å²) in [6.45, 7) is 1.21. The largest absolute Gasteiger partial charge is 0.381 e. The molecule has 140 valence electrons. The lowest BCUT2D eigenvalue weighted by Crippen LogP contribution is -2.49. The van der Waals surface area contributed by atoms with E-state index in [0.29, 0.717) is 30.9 Å². The Balaban J connectivity index is 1.47. The number of amides is 2. The van der Waals surface area contributed by atoms with Crippen molar-refractivity contribution in [3.8, 4) is 9.88 Å². The van der Waals surface area contributed by atoms with E-state index >= 15 is 0 Å². The summed E-state index contributed by atoms with van der Waals surface area (Å²) < 4.78 is 6.44. The molecule has 0 atom stereocenters. The molecule has 0 saturated carbocycles. The predicted octanol–water partition coefficient (Wildman–Crippen LogP) is 3.04. The molecule has 2 aromatic heterocycles. The van der Waals surface area contributed by atoms with Crippen LogP contribution < -0.4 is 11.1 Å². The Bertz CT molecular complexity index is 956. The van der Waals surface area contributed by atoms with E-state index in [1.807, 2.05) is 30.3 Å². The molecule has 1 aliphatic heterocycles. The minimum absolute atomic E-state index is 0.195. The van der Waals surface area contributed by atoms with Gasteiger partial charge in [0.05, 0.1) is 25.4 Å². The Kier molecular flexibility index (Phi) is 4.94. The summed E-state index contributed by atoms with van der Waals surface area (Å²) in [5.74, 6) is -0.577. The lowest BCUT2D eigenvalue weighted by molar-refractivity contribution is -0.132. The highest BCUT2D eigenvalue weighted by Crippen LogP contribution is 2.34. The van der Waals surface area contributed by atoms with Gasteiger partial charge in [-0.3, -0.25) is 9.59 Å². The Morgan fingerprint density at radius 1 is 1.15 bits per heavy atom. The van der Waals surface area contributed by atoms with Gasteiger partial charge >= 0.3 is 0 Å². The predicted molar refractivity (Wildman–Crippen MR) is 107 cm³/mol. The molecule has 0 aliphatic carbocycles. The van der Waals surface area contributed by atoms with Crippen LogP contribution in [0, 0.1) is 5.41 Å². The highest BCUT2D eigenvalue weighted by atomic mass is 32.1. The van der Waals surface area contributed by atoms with Crippen molar-refractivity contribution >= 4 is 44.7 Å². The monoisotopic (exact) mass is 401 g/mol. The second-order valence-corrected chi connectivity index (χ2v) is 8.70. The zero-order valence-electron chi connectivity index (χ0n) is 14.6. The molecular weight excluding hydrogens is 382 g/mol. The van der Waals surface area contributed by atoms with Crippen LogP contribution in [0.4, 0.5) is 0 Å². The number of benzene rings is 1. The maximum atomic E-state index is 12.6. The smallest absolute Gasteiger partial charge is 0.261 e. The number of nitrogens with one attached hydrogen (secondary N) is 1. The molecule has 1 aromatic carbocycles. The van der Waals surface area contributed by atoms with Gasteiger partial charge in [0.15, 0.2) is 0 Å². The van der Waals surface area contributed by atoms with Gasteiger partial charge in [-0.1, -0.05) is 12.1 Å². The van der Waals surface area contributed by atoms with Gasteiger partial charge in [-0.25, -0.2) is 4.98 Å². The Labute approximate surface area is 164 Å². The molecule has 6 nitrogen and oxygen atoms in total. The molecule has 0 unspecified atom stereocenters. The van der Waals surface area contributed by atoms with Crippen LogP contribution in [0.3, 0.4) is 0 Å². The molecule has 0 radical (unpaired) electrons. The van der Waals surface area contributed by atoms with Crippen LogP contribution in [0.2, 0.25) is 0 Å². The van der Waals surface area contributed by atoms with Crippen molar-refractivity contribution in [1.29, 1.82) is 0 Å². The minimum Gasteiger partial charge on any atom is -0.381 e. The molecule has 1 fully saturated rings. The van der Waals surface area contributed by atoms with E-state index in [1.165, 1.54) is 11.3 Å². The normalized spacial score (nSPS) is 16.3. The van der Waals surface area contributed by atoms with Gasteiger partial charge in [0, 0.05) is 19.8 Å². The summed E-state index contributed by atoms with van der Waals surface area (Å²) in [4.78, 5) is 30.7. The first-order valence-corrected chi connectivity index (χ1v) is 10.3. The van der Waals surface area contributed by atoms with Gasteiger partial charge in [-0.05, 0) is 37.1 Å². The van der Waals surface area contributed by atoms with Crippen molar-refractivity contribution in [3.05, 3.63) is 41.3 Å². The van der Waals surface area contributed by atoms with Crippen molar-refractivity contribution in [2.75, 3.05) is 19.8 Å². The summed E-state index contributed by atoms with van der Waals surface area (Å²) in [6, 6.07) is 11.7. The third kappa shape index (κ3) is 3.60. The van der Waals surface area contributed by atoms with E-state index in [-0.39, 0.29) is 18.4 Å². The number of nitrogens with two attached hydrogens (primary N) is 1. The number of nitrogens with zero attached hydrogens (tertiary/aromatic N) is 1. The summed E-state index contributed by atoms with van der Waals surface area (Å²) in [5.41, 5.74) is 5.83. The molecule has 1 aliphatic rings. The number of thiophene rings is 1. The molecule has 2 amide bonds. The first-order chi connectivity index (χ1) is 13.1. The minimum atomic E-state index is -0.721. The van der Waals surface area contributed by atoms with Crippen LogP contribution in [0.1, 0.15) is 22.5 Å². The highest BCUT2D eigenvalue weighted by Gasteiger charge is 2.38. The Morgan fingerprint density at radius 2 is 1.93 bits per heavy atom. The Hall–Kier alpha value is -2.29. The number of hydrogen-bond acceptors (Lipinski definition) is 6. The van der Waals surface area contributed by atoms with E-state index in [4.69, 9.17) is 10.5 Å². The maximum Gasteiger partial charge on any atom is 0.261 e. The van der Waals surface area contributed by atoms with Crippen molar-refractivity contribution in [3.63, 3.8) is 0 Å². The molecule has 3 heterocycles.